The van der Waals surface area contributed by atoms with Gasteiger partial charge in [-0.1, -0.05) is 36.8 Å². The molecule has 0 aliphatic carbocycles. The Kier molecular flexibility index (Phi) is 8.18. The number of carbonyl (C=O) groups excluding carboxylic acids is 1. The predicted molar refractivity (Wildman–Crippen MR) is 89.7 cm³/mol. The maximum absolute atomic E-state index is 11.6. The zero-order chi connectivity index (χ0) is 16.4. The molecular formula is C19H30O3. The van der Waals surface area contributed by atoms with Gasteiger partial charge in [-0.25, -0.2) is 0 Å². The van der Waals surface area contributed by atoms with E-state index in [1.807, 2.05) is 39.0 Å². The molecule has 1 rings (SSSR count). The Balaban J connectivity index is 2.01. The van der Waals surface area contributed by atoms with E-state index in [4.69, 9.17) is 4.74 Å². The summed E-state index contributed by atoms with van der Waals surface area (Å²) in [5.41, 5.74) is 0.851. The Bertz CT molecular complexity index is 420. The van der Waals surface area contributed by atoms with Crippen molar-refractivity contribution >= 4 is 5.97 Å². The maximum atomic E-state index is 11.6. The monoisotopic (exact) mass is 306 g/mol. The van der Waals surface area contributed by atoms with Gasteiger partial charge in [-0.2, -0.15) is 0 Å². The zero-order valence-electron chi connectivity index (χ0n) is 14.2. The van der Waals surface area contributed by atoms with Gasteiger partial charge in [0.15, 0.2) is 0 Å². The minimum atomic E-state index is -0.423. The van der Waals surface area contributed by atoms with Crippen LogP contribution in [-0.4, -0.2) is 23.8 Å². The summed E-state index contributed by atoms with van der Waals surface area (Å²) in [4.78, 5) is 11.6. The van der Waals surface area contributed by atoms with Crippen molar-refractivity contribution in [2.24, 2.45) is 5.41 Å². The highest BCUT2D eigenvalue weighted by Gasteiger charge is 2.22. The van der Waals surface area contributed by atoms with Crippen LogP contribution in [0.5, 0.6) is 0 Å². The molecule has 3 heteroatoms. The quantitative estimate of drug-likeness (QED) is 0.551. The summed E-state index contributed by atoms with van der Waals surface area (Å²) in [7, 11) is 0. The number of ether oxygens (including phenoxy) is 1. The highest BCUT2D eigenvalue weighted by Crippen LogP contribution is 2.16. The molecule has 1 atom stereocenters. The second-order valence-electron chi connectivity index (χ2n) is 6.91. The summed E-state index contributed by atoms with van der Waals surface area (Å²) in [6, 6.07) is 10.3. The first kappa shape index (κ1) is 18.7. The molecule has 0 heterocycles. The minimum absolute atomic E-state index is 0.143. The Morgan fingerprint density at radius 1 is 1.09 bits per heavy atom. The van der Waals surface area contributed by atoms with E-state index in [9.17, 15) is 9.90 Å². The molecular weight excluding hydrogens is 276 g/mol. The SMILES string of the molecule is CC(C)(C)C(=O)OCCCCC[C@H](O)CCc1ccccc1. The van der Waals surface area contributed by atoms with Crippen molar-refractivity contribution in [3.05, 3.63) is 35.9 Å². The van der Waals surface area contributed by atoms with Crippen molar-refractivity contribution in [3.8, 4) is 0 Å². The molecule has 1 aromatic rings. The number of esters is 1. The topological polar surface area (TPSA) is 46.5 Å². The number of carbonyl (C=O) groups is 1. The van der Waals surface area contributed by atoms with Gasteiger partial charge >= 0.3 is 5.97 Å². The molecule has 1 N–H and O–H groups in total. The average molecular weight is 306 g/mol. The summed E-state index contributed by atoms with van der Waals surface area (Å²) in [6.07, 6.45) is 5.14. The number of hydrogen-bond donors (Lipinski definition) is 1. The Labute approximate surface area is 134 Å². The second-order valence-corrected chi connectivity index (χ2v) is 6.91. The normalized spacial score (nSPS) is 12.9. The van der Waals surface area contributed by atoms with Gasteiger partial charge in [0.25, 0.3) is 0 Å². The summed E-state index contributed by atoms with van der Waals surface area (Å²) >= 11 is 0. The average Bonchev–Trinajstić information content (AvgIpc) is 2.48. The van der Waals surface area contributed by atoms with Crippen LogP contribution in [-0.2, 0) is 16.0 Å². The second kappa shape index (κ2) is 9.62. The van der Waals surface area contributed by atoms with Gasteiger partial charge in [0.1, 0.15) is 0 Å². The summed E-state index contributed by atoms with van der Waals surface area (Å²) in [6.45, 7) is 6.06. The molecule has 0 fully saturated rings. The molecule has 0 saturated heterocycles. The van der Waals surface area contributed by atoms with Gasteiger partial charge < -0.3 is 9.84 Å². The molecule has 0 aliphatic rings. The van der Waals surface area contributed by atoms with Crippen LogP contribution in [0.4, 0.5) is 0 Å². The molecule has 0 bridgehead atoms. The van der Waals surface area contributed by atoms with Crippen molar-refractivity contribution in [2.45, 2.75) is 65.4 Å². The molecule has 124 valence electrons. The molecule has 0 saturated carbocycles. The van der Waals surface area contributed by atoms with Crippen LogP contribution in [0.1, 0.15) is 58.4 Å². The Morgan fingerprint density at radius 2 is 1.77 bits per heavy atom. The van der Waals surface area contributed by atoms with Crippen molar-refractivity contribution < 1.29 is 14.6 Å². The zero-order valence-corrected chi connectivity index (χ0v) is 14.2. The highest BCUT2D eigenvalue weighted by atomic mass is 16.5. The van der Waals surface area contributed by atoms with Crippen molar-refractivity contribution in [1.29, 1.82) is 0 Å². The van der Waals surface area contributed by atoms with Crippen LogP contribution < -0.4 is 0 Å². The molecule has 0 radical (unpaired) electrons. The standard InChI is InChI=1S/C19H30O3/c1-19(2,3)18(21)22-15-9-5-8-12-17(20)14-13-16-10-6-4-7-11-16/h4,6-7,10-11,17,20H,5,8-9,12-15H2,1-3H3/t17-/m0/s1. The lowest BCUT2D eigenvalue weighted by Crippen LogP contribution is -2.23. The molecule has 3 nitrogen and oxygen atoms in total. The molecule has 0 amide bonds. The van der Waals surface area contributed by atoms with Gasteiger partial charge in [0.2, 0.25) is 0 Å². The smallest absolute Gasteiger partial charge is 0.311 e. The van der Waals surface area contributed by atoms with E-state index in [1.54, 1.807) is 0 Å². The first-order valence-electron chi connectivity index (χ1n) is 8.29. The number of aliphatic hydroxyl groups is 1. The number of aryl methyl sites for hydroxylation is 1. The fourth-order valence-corrected chi connectivity index (χ4v) is 2.16. The van der Waals surface area contributed by atoms with Gasteiger partial charge in [-0.3, -0.25) is 4.79 Å². The minimum Gasteiger partial charge on any atom is -0.465 e. The van der Waals surface area contributed by atoms with Crippen LogP contribution in [0.15, 0.2) is 30.3 Å². The predicted octanol–water partition coefficient (Wildman–Crippen LogP) is 4.13. The van der Waals surface area contributed by atoms with E-state index < -0.39 is 5.41 Å². The van der Waals surface area contributed by atoms with Crippen molar-refractivity contribution in [1.82, 2.24) is 0 Å². The third-order valence-electron chi connectivity index (χ3n) is 3.64. The van der Waals surface area contributed by atoms with Gasteiger partial charge in [0.05, 0.1) is 18.1 Å². The van der Waals surface area contributed by atoms with Crippen molar-refractivity contribution in [2.75, 3.05) is 6.61 Å². The number of hydrogen-bond acceptors (Lipinski definition) is 3. The largest absolute Gasteiger partial charge is 0.465 e. The molecule has 0 unspecified atom stereocenters. The van der Waals surface area contributed by atoms with Gasteiger partial charge in [-0.15, -0.1) is 0 Å². The Hall–Kier alpha value is -1.35. The van der Waals surface area contributed by atoms with Crippen LogP contribution in [0, 0.1) is 5.41 Å². The van der Waals surface area contributed by atoms with Gasteiger partial charge in [-0.05, 0) is 58.4 Å². The lowest BCUT2D eigenvalue weighted by Gasteiger charge is -2.16. The Morgan fingerprint density at radius 3 is 2.41 bits per heavy atom. The first-order chi connectivity index (χ1) is 10.4. The third-order valence-corrected chi connectivity index (χ3v) is 3.64. The van der Waals surface area contributed by atoms with Crippen LogP contribution in [0.2, 0.25) is 0 Å². The summed E-state index contributed by atoms with van der Waals surface area (Å²) < 4.78 is 5.22. The fourth-order valence-electron chi connectivity index (χ4n) is 2.16. The van der Waals surface area contributed by atoms with Crippen molar-refractivity contribution in [3.63, 3.8) is 0 Å². The number of aliphatic hydroxyl groups excluding tert-OH is 1. The lowest BCUT2D eigenvalue weighted by molar-refractivity contribution is -0.153. The van der Waals surface area contributed by atoms with E-state index in [0.29, 0.717) is 6.61 Å². The summed E-state index contributed by atoms with van der Waals surface area (Å²) in [5, 5.41) is 9.98. The van der Waals surface area contributed by atoms with Crippen LogP contribution in [0.3, 0.4) is 0 Å². The molecule has 22 heavy (non-hydrogen) atoms. The molecule has 0 aromatic heterocycles. The van der Waals surface area contributed by atoms with E-state index >= 15 is 0 Å². The van der Waals surface area contributed by atoms with E-state index in [-0.39, 0.29) is 12.1 Å². The van der Waals surface area contributed by atoms with Gasteiger partial charge in [0, 0.05) is 0 Å². The lowest BCUT2D eigenvalue weighted by atomic mass is 9.97. The molecule has 0 spiro atoms. The highest BCUT2D eigenvalue weighted by molar-refractivity contribution is 5.75. The maximum Gasteiger partial charge on any atom is 0.311 e. The van der Waals surface area contributed by atoms with E-state index in [0.717, 1.165) is 38.5 Å². The summed E-state index contributed by atoms with van der Waals surface area (Å²) in [5.74, 6) is -0.143. The van der Waals surface area contributed by atoms with Crippen LogP contribution in [0.25, 0.3) is 0 Å². The van der Waals surface area contributed by atoms with E-state index in [2.05, 4.69) is 12.1 Å². The van der Waals surface area contributed by atoms with E-state index in [1.165, 1.54) is 5.56 Å². The third kappa shape index (κ3) is 8.18. The molecule has 0 aliphatic heterocycles. The number of benzene rings is 1. The number of unbranched alkanes of at least 4 members (excludes halogenated alkanes) is 2. The number of rotatable bonds is 9. The molecule has 1 aromatic carbocycles. The fraction of sp³-hybridized carbons (Fsp3) is 0.632. The van der Waals surface area contributed by atoms with Crippen LogP contribution >= 0.6 is 0 Å². The first-order valence-corrected chi connectivity index (χ1v) is 8.29.